The Hall–Kier alpha value is -2.49. The van der Waals surface area contributed by atoms with Gasteiger partial charge in [0.25, 0.3) is 0 Å². The molecule has 4 heteroatoms. The minimum Gasteiger partial charge on any atom is -0.494 e. The molecule has 0 unspecified atom stereocenters. The molecule has 2 aromatic rings. The fourth-order valence-corrected chi connectivity index (χ4v) is 2.52. The third kappa shape index (κ3) is 8.06. The molecule has 4 nitrogen and oxygen atoms in total. The van der Waals surface area contributed by atoms with Gasteiger partial charge in [0.15, 0.2) is 0 Å². The molecule has 0 saturated heterocycles. The van der Waals surface area contributed by atoms with Crippen molar-refractivity contribution in [1.29, 1.82) is 0 Å². The monoisotopic (exact) mass is 356 g/mol. The van der Waals surface area contributed by atoms with Gasteiger partial charge in [-0.1, -0.05) is 43.2 Å². The molecule has 0 bridgehead atoms. The maximum absolute atomic E-state index is 11.2. The Bertz CT molecular complexity index is 622. The highest BCUT2D eigenvalue weighted by atomic mass is 16.5. The Morgan fingerprint density at radius 1 is 0.808 bits per heavy atom. The van der Waals surface area contributed by atoms with Crippen LogP contribution < -0.4 is 9.47 Å². The van der Waals surface area contributed by atoms with E-state index in [2.05, 4.69) is 0 Å². The summed E-state index contributed by atoms with van der Waals surface area (Å²) in [7, 11) is 0. The highest BCUT2D eigenvalue weighted by Crippen LogP contribution is 2.19. The average molecular weight is 356 g/mol. The minimum absolute atomic E-state index is 0.0988. The maximum Gasteiger partial charge on any atom is 0.305 e. The van der Waals surface area contributed by atoms with Gasteiger partial charge in [-0.3, -0.25) is 4.79 Å². The zero-order valence-electron chi connectivity index (χ0n) is 15.5. The van der Waals surface area contributed by atoms with Crippen molar-refractivity contribution in [2.24, 2.45) is 0 Å². The van der Waals surface area contributed by atoms with E-state index in [1.165, 1.54) is 0 Å². The van der Waals surface area contributed by atoms with Crippen LogP contribution in [0.25, 0.3) is 0 Å². The standard InChI is InChI=1S/C22H28O4/c1-2-24-22(23)12-8-3-4-9-17-25-20-13-15-21(16-14-20)26-18-19-10-6-5-7-11-19/h5-7,10-11,13-16H,2-4,8-9,12,17-18H2,1H3. The summed E-state index contributed by atoms with van der Waals surface area (Å²) in [5.41, 5.74) is 1.15. The van der Waals surface area contributed by atoms with Gasteiger partial charge < -0.3 is 14.2 Å². The van der Waals surface area contributed by atoms with E-state index in [1.54, 1.807) is 0 Å². The van der Waals surface area contributed by atoms with Crippen LogP contribution in [0.5, 0.6) is 11.5 Å². The van der Waals surface area contributed by atoms with Gasteiger partial charge >= 0.3 is 5.97 Å². The van der Waals surface area contributed by atoms with E-state index >= 15 is 0 Å². The molecule has 0 heterocycles. The van der Waals surface area contributed by atoms with Crippen molar-refractivity contribution < 1.29 is 19.0 Å². The first kappa shape index (κ1) is 19.8. The maximum atomic E-state index is 11.2. The van der Waals surface area contributed by atoms with Crippen LogP contribution in [0.1, 0.15) is 44.6 Å². The third-order valence-electron chi connectivity index (χ3n) is 3.92. The van der Waals surface area contributed by atoms with E-state index < -0.39 is 0 Å². The number of carbonyl (C=O) groups is 1. The number of hydrogen-bond donors (Lipinski definition) is 0. The number of esters is 1. The smallest absolute Gasteiger partial charge is 0.305 e. The van der Waals surface area contributed by atoms with Gasteiger partial charge in [0.2, 0.25) is 0 Å². The summed E-state index contributed by atoms with van der Waals surface area (Å²) in [4.78, 5) is 11.2. The first-order chi connectivity index (χ1) is 12.8. The van der Waals surface area contributed by atoms with Crippen LogP contribution in [0.3, 0.4) is 0 Å². The number of hydrogen-bond acceptors (Lipinski definition) is 4. The van der Waals surface area contributed by atoms with E-state index in [4.69, 9.17) is 14.2 Å². The lowest BCUT2D eigenvalue weighted by atomic mass is 10.1. The molecule has 0 radical (unpaired) electrons. The molecule has 0 spiro atoms. The summed E-state index contributed by atoms with van der Waals surface area (Å²) < 4.78 is 16.4. The summed E-state index contributed by atoms with van der Waals surface area (Å²) in [6.45, 7) is 3.54. The van der Waals surface area contributed by atoms with Crippen molar-refractivity contribution >= 4 is 5.97 Å². The molecule has 0 amide bonds. The molecule has 0 aliphatic carbocycles. The first-order valence-electron chi connectivity index (χ1n) is 9.33. The molecule has 0 saturated carbocycles. The zero-order chi connectivity index (χ0) is 18.5. The van der Waals surface area contributed by atoms with Crippen LogP contribution in [0.15, 0.2) is 54.6 Å². The van der Waals surface area contributed by atoms with Crippen LogP contribution in [0.2, 0.25) is 0 Å². The summed E-state index contributed by atoms with van der Waals surface area (Å²) in [5, 5.41) is 0. The third-order valence-corrected chi connectivity index (χ3v) is 3.92. The summed E-state index contributed by atoms with van der Waals surface area (Å²) >= 11 is 0. The number of ether oxygens (including phenoxy) is 3. The van der Waals surface area contributed by atoms with Gasteiger partial charge in [-0.15, -0.1) is 0 Å². The summed E-state index contributed by atoms with van der Waals surface area (Å²) in [5.74, 6) is 1.59. The number of carbonyl (C=O) groups excluding carboxylic acids is 1. The van der Waals surface area contributed by atoms with Gasteiger partial charge in [0, 0.05) is 6.42 Å². The lowest BCUT2D eigenvalue weighted by Crippen LogP contribution is -2.03. The van der Waals surface area contributed by atoms with E-state index in [1.807, 2.05) is 61.5 Å². The predicted octanol–water partition coefficient (Wildman–Crippen LogP) is 5.16. The Balaban J connectivity index is 1.55. The Morgan fingerprint density at radius 3 is 2.15 bits per heavy atom. The molecule has 0 aromatic heterocycles. The molecule has 2 aromatic carbocycles. The quantitative estimate of drug-likeness (QED) is 0.389. The molecule has 0 aliphatic heterocycles. The van der Waals surface area contributed by atoms with E-state index in [0.717, 1.165) is 42.7 Å². The minimum atomic E-state index is -0.0988. The van der Waals surface area contributed by atoms with Crippen molar-refractivity contribution in [2.75, 3.05) is 13.2 Å². The van der Waals surface area contributed by atoms with Crippen molar-refractivity contribution in [3.8, 4) is 11.5 Å². The van der Waals surface area contributed by atoms with E-state index in [-0.39, 0.29) is 5.97 Å². The molecule has 0 aliphatic rings. The Morgan fingerprint density at radius 2 is 1.46 bits per heavy atom. The topological polar surface area (TPSA) is 44.8 Å². The lowest BCUT2D eigenvalue weighted by molar-refractivity contribution is -0.143. The molecule has 26 heavy (non-hydrogen) atoms. The van der Waals surface area contributed by atoms with Gasteiger partial charge in [-0.2, -0.15) is 0 Å². The van der Waals surface area contributed by atoms with E-state index in [9.17, 15) is 4.79 Å². The summed E-state index contributed by atoms with van der Waals surface area (Å²) in [6, 6.07) is 17.8. The fraction of sp³-hybridized carbons (Fsp3) is 0.409. The van der Waals surface area contributed by atoms with Crippen LogP contribution in [0.4, 0.5) is 0 Å². The predicted molar refractivity (Wildman–Crippen MR) is 102 cm³/mol. The zero-order valence-corrected chi connectivity index (χ0v) is 15.5. The molecule has 0 N–H and O–H groups in total. The Kier molecular flexibility index (Phi) is 9.12. The van der Waals surface area contributed by atoms with Crippen molar-refractivity contribution in [3.05, 3.63) is 60.2 Å². The SMILES string of the molecule is CCOC(=O)CCCCCCOc1ccc(OCc2ccccc2)cc1. The average Bonchev–Trinajstić information content (AvgIpc) is 2.67. The molecule has 2 rings (SSSR count). The molecular formula is C22H28O4. The van der Waals surface area contributed by atoms with Crippen molar-refractivity contribution in [3.63, 3.8) is 0 Å². The second-order valence-corrected chi connectivity index (χ2v) is 6.06. The number of benzene rings is 2. The lowest BCUT2D eigenvalue weighted by Gasteiger charge is -2.09. The van der Waals surface area contributed by atoms with Crippen LogP contribution in [0, 0.1) is 0 Å². The van der Waals surface area contributed by atoms with Gasteiger partial charge in [0.1, 0.15) is 18.1 Å². The van der Waals surface area contributed by atoms with Gasteiger partial charge in [-0.25, -0.2) is 0 Å². The molecule has 140 valence electrons. The largest absolute Gasteiger partial charge is 0.494 e. The normalized spacial score (nSPS) is 10.3. The highest BCUT2D eigenvalue weighted by molar-refractivity contribution is 5.69. The highest BCUT2D eigenvalue weighted by Gasteiger charge is 2.01. The molecule has 0 atom stereocenters. The fourth-order valence-electron chi connectivity index (χ4n) is 2.52. The van der Waals surface area contributed by atoms with E-state index in [0.29, 0.717) is 26.2 Å². The molecule has 0 fully saturated rings. The van der Waals surface area contributed by atoms with Crippen LogP contribution in [-0.4, -0.2) is 19.2 Å². The van der Waals surface area contributed by atoms with Crippen LogP contribution in [-0.2, 0) is 16.1 Å². The van der Waals surface area contributed by atoms with Crippen LogP contribution >= 0.6 is 0 Å². The second kappa shape index (κ2) is 12.0. The first-order valence-corrected chi connectivity index (χ1v) is 9.33. The van der Waals surface area contributed by atoms with Crippen molar-refractivity contribution in [1.82, 2.24) is 0 Å². The summed E-state index contributed by atoms with van der Waals surface area (Å²) in [6.07, 6.45) is 4.45. The molecular weight excluding hydrogens is 328 g/mol. The second-order valence-electron chi connectivity index (χ2n) is 6.06. The van der Waals surface area contributed by atoms with Crippen molar-refractivity contribution in [2.45, 2.75) is 45.6 Å². The Labute approximate surface area is 156 Å². The van der Waals surface area contributed by atoms with Gasteiger partial charge in [-0.05, 0) is 49.6 Å². The van der Waals surface area contributed by atoms with Gasteiger partial charge in [0.05, 0.1) is 13.2 Å². The number of rotatable bonds is 12. The number of unbranched alkanes of at least 4 members (excludes halogenated alkanes) is 3.